The molecule has 0 saturated heterocycles. The zero-order valence-corrected chi connectivity index (χ0v) is 16.4. The number of carbonyl (C=O) groups excluding carboxylic acids is 1. The van der Waals surface area contributed by atoms with E-state index in [1.54, 1.807) is 19.4 Å². The fourth-order valence-corrected chi connectivity index (χ4v) is 2.70. The van der Waals surface area contributed by atoms with Gasteiger partial charge >= 0.3 is 0 Å². The molecule has 6 heteroatoms. The van der Waals surface area contributed by atoms with Crippen molar-refractivity contribution in [1.82, 2.24) is 4.98 Å². The van der Waals surface area contributed by atoms with E-state index in [2.05, 4.69) is 27.8 Å². The lowest BCUT2D eigenvalue weighted by Crippen LogP contribution is -2.16. The molecule has 0 spiro atoms. The van der Waals surface area contributed by atoms with Crippen molar-refractivity contribution >= 4 is 17.4 Å². The third kappa shape index (κ3) is 6.84. The lowest BCUT2D eigenvalue weighted by atomic mass is 10.1. The predicted molar refractivity (Wildman–Crippen MR) is 115 cm³/mol. The fourth-order valence-electron chi connectivity index (χ4n) is 2.70. The molecule has 150 valence electrons. The highest BCUT2D eigenvalue weighted by Gasteiger charge is 2.04. The van der Waals surface area contributed by atoms with Gasteiger partial charge in [0.1, 0.15) is 17.3 Å². The predicted octanol–water partition coefficient (Wildman–Crippen LogP) is 4.15. The number of anilines is 2. The van der Waals surface area contributed by atoms with Crippen LogP contribution in [0.5, 0.6) is 11.5 Å². The molecular weight excluding hydrogens is 366 g/mol. The molecule has 0 bridgehead atoms. The summed E-state index contributed by atoms with van der Waals surface area (Å²) in [5.74, 6) is 2.00. The average Bonchev–Trinajstić information content (AvgIpc) is 2.76. The summed E-state index contributed by atoms with van der Waals surface area (Å²) in [6.07, 6.45) is 2.87. The molecule has 1 aromatic heterocycles. The molecule has 1 heterocycles. The first kappa shape index (κ1) is 20.2. The van der Waals surface area contributed by atoms with Crippen molar-refractivity contribution in [3.8, 4) is 11.5 Å². The molecule has 0 aliphatic rings. The van der Waals surface area contributed by atoms with Crippen LogP contribution in [-0.4, -0.2) is 31.2 Å². The third-order valence-corrected chi connectivity index (χ3v) is 4.27. The number of carbonyl (C=O) groups is 1. The van der Waals surface area contributed by atoms with Crippen molar-refractivity contribution in [1.29, 1.82) is 0 Å². The molecule has 0 aliphatic heterocycles. The number of methoxy groups -OCH3 is 1. The van der Waals surface area contributed by atoms with E-state index in [0.29, 0.717) is 12.4 Å². The molecule has 0 atom stereocenters. The van der Waals surface area contributed by atoms with Crippen LogP contribution in [0.3, 0.4) is 0 Å². The van der Waals surface area contributed by atoms with Crippen LogP contribution < -0.4 is 20.1 Å². The van der Waals surface area contributed by atoms with Gasteiger partial charge in [0.15, 0.2) is 0 Å². The Bertz CT molecular complexity index is 882. The van der Waals surface area contributed by atoms with E-state index in [4.69, 9.17) is 9.47 Å². The normalized spacial score (nSPS) is 10.2. The molecule has 2 aromatic carbocycles. The van der Waals surface area contributed by atoms with E-state index < -0.39 is 0 Å². The van der Waals surface area contributed by atoms with Crippen LogP contribution in [0.25, 0.3) is 0 Å². The van der Waals surface area contributed by atoms with Gasteiger partial charge in [-0.1, -0.05) is 30.3 Å². The Kier molecular flexibility index (Phi) is 7.46. The standard InChI is InChI=1S/C23H25N3O3/c1-28-20-10-7-18(8-11-20)13-15-24-19-9-12-22(25-17-19)26-23(27)14-16-29-21-5-3-2-4-6-21/h2-12,17,24H,13-16H2,1H3,(H,25,26,27). The summed E-state index contributed by atoms with van der Waals surface area (Å²) in [5, 5.41) is 6.11. The molecule has 0 saturated carbocycles. The van der Waals surface area contributed by atoms with Crippen LogP contribution in [0.2, 0.25) is 0 Å². The highest BCUT2D eigenvalue weighted by atomic mass is 16.5. The zero-order valence-electron chi connectivity index (χ0n) is 16.4. The summed E-state index contributed by atoms with van der Waals surface area (Å²) < 4.78 is 10.7. The summed E-state index contributed by atoms with van der Waals surface area (Å²) in [5.41, 5.74) is 2.14. The maximum absolute atomic E-state index is 12.0. The minimum atomic E-state index is -0.131. The molecular formula is C23H25N3O3. The molecule has 0 aliphatic carbocycles. The van der Waals surface area contributed by atoms with Crippen molar-refractivity contribution < 1.29 is 14.3 Å². The molecule has 29 heavy (non-hydrogen) atoms. The van der Waals surface area contributed by atoms with Crippen molar-refractivity contribution in [2.45, 2.75) is 12.8 Å². The van der Waals surface area contributed by atoms with E-state index in [-0.39, 0.29) is 12.3 Å². The summed E-state index contributed by atoms with van der Waals surface area (Å²) in [7, 11) is 1.66. The number of nitrogens with one attached hydrogen (secondary N) is 2. The Morgan fingerprint density at radius 2 is 1.76 bits per heavy atom. The minimum Gasteiger partial charge on any atom is -0.497 e. The van der Waals surface area contributed by atoms with Gasteiger partial charge in [-0.25, -0.2) is 4.98 Å². The Morgan fingerprint density at radius 3 is 2.45 bits per heavy atom. The van der Waals surface area contributed by atoms with Crippen LogP contribution in [0.1, 0.15) is 12.0 Å². The minimum absolute atomic E-state index is 0.131. The third-order valence-electron chi connectivity index (χ3n) is 4.27. The van der Waals surface area contributed by atoms with Gasteiger partial charge in [0, 0.05) is 6.54 Å². The number of hydrogen-bond acceptors (Lipinski definition) is 5. The number of aromatic nitrogens is 1. The first-order valence-corrected chi connectivity index (χ1v) is 9.53. The number of rotatable bonds is 10. The topological polar surface area (TPSA) is 72.5 Å². The van der Waals surface area contributed by atoms with E-state index in [1.807, 2.05) is 48.5 Å². The van der Waals surface area contributed by atoms with Gasteiger partial charge in [0.05, 0.1) is 32.0 Å². The molecule has 6 nitrogen and oxygen atoms in total. The molecule has 0 fully saturated rings. The monoisotopic (exact) mass is 391 g/mol. The van der Waals surface area contributed by atoms with Gasteiger partial charge in [0.2, 0.25) is 5.91 Å². The smallest absolute Gasteiger partial charge is 0.228 e. The van der Waals surface area contributed by atoms with Crippen molar-refractivity contribution in [3.63, 3.8) is 0 Å². The number of benzene rings is 2. The molecule has 2 N–H and O–H groups in total. The molecule has 3 aromatic rings. The second kappa shape index (κ2) is 10.7. The van der Waals surface area contributed by atoms with Gasteiger partial charge < -0.3 is 20.1 Å². The lowest BCUT2D eigenvalue weighted by molar-refractivity contribution is -0.116. The maximum atomic E-state index is 12.0. The van der Waals surface area contributed by atoms with Crippen LogP contribution in [-0.2, 0) is 11.2 Å². The van der Waals surface area contributed by atoms with Gasteiger partial charge in [-0.2, -0.15) is 0 Å². The van der Waals surface area contributed by atoms with E-state index in [1.165, 1.54) is 5.56 Å². The Hall–Kier alpha value is -3.54. The van der Waals surface area contributed by atoms with Crippen LogP contribution >= 0.6 is 0 Å². The Balaban J connectivity index is 1.37. The number of nitrogens with zero attached hydrogens (tertiary/aromatic N) is 1. The van der Waals surface area contributed by atoms with Crippen molar-refractivity contribution in [3.05, 3.63) is 78.5 Å². The average molecular weight is 391 g/mol. The number of amides is 1. The Labute approximate surface area is 170 Å². The van der Waals surface area contributed by atoms with E-state index >= 15 is 0 Å². The SMILES string of the molecule is COc1ccc(CCNc2ccc(NC(=O)CCOc3ccccc3)nc2)cc1. The van der Waals surface area contributed by atoms with Gasteiger partial charge in [-0.05, 0) is 48.4 Å². The maximum Gasteiger partial charge on any atom is 0.228 e. The quantitative estimate of drug-likeness (QED) is 0.543. The second-order valence-electron chi connectivity index (χ2n) is 6.42. The van der Waals surface area contributed by atoms with Crippen LogP contribution in [0.15, 0.2) is 72.9 Å². The van der Waals surface area contributed by atoms with Gasteiger partial charge in [-0.15, -0.1) is 0 Å². The number of pyridine rings is 1. The molecule has 1 amide bonds. The summed E-state index contributed by atoms with van der Waals surface area (Å²) in [4.78, 5) is 16.3. The number of para-hydroxylation sites is 1. The zero-order chi connectivity index (χ0) is 20.3. The summed E-state index contributed by atoms with van der Waals surface area (Å²) in [6, 6.07) is 21.1. The largest absolute Gasteiger partial charge is 0.497 e. The van der Waals surface area contributed by atoms with Gasteiger partial charge in [0.25, 0.3) is 0 Å². The Morgan fingerprint density at radius 1 is 0.966 bits per heavy atom. The lowest BCUT2D eigenvalue weighted by Gasteiger charge is -2.09. The van der Waals surface area contributed by atoms with Crippen molar-refractivity contribution in [2.75, 3.05) is 30.9 Å². The fraction of sp³-hybridized carbons (Fsp3) is 0.217. The van der Waals surface area contributed by atoms with Gasteiger partial charge in [-0.3, -0.25) is 4.79 Å². The number of ether oxygens (including phenoxy) is 2. The van der Waals surface area contributed by atoms with E-state index in [0.717, 1.165) is 30.2 Å². The van der Waals surface area contributed by atoms with E-state index in [9.17, 15) is 4.79 Å². The summed E-state index contributed by atoms with van der Waals surface area (Å²) >= 11 is 0. The first-order chi connectivity index (χ1) is 14.2. The second-order valence-corrected chi connectivity index (χ2v) is 6.42. The highest BCUT2D eigenvalue weighted by molar-refractivity contribution is 5.89. The highest BCUT2D eigenvalue weighted by Crippen LogP contribution is 2.13. The number of hydrogen-bond donors (Lipinski definition) is 2. The molecule has 0 unspecified atom stereocenters. The molecule has 0 radical (unpaired) electrons. The van der Waals surface area contributed by atoms with Crippen molar-refractivity contribution in [2.24, 2.45) is 0 Å². The first-order valence-electron chi connectivity index (χ1n) is 9.53. The molecule has 3 rings (SSSR count). The van der Waals surface area contributed by atoms with Crippen LogP contribution in [0.4, 0.5) is 11.5 Å². The van der Waals surface area contributed by atoms with Crippen LogP contribution in [0, 0.1) is 0 Å². The summed E-state index contributed by atoms with van der Waals surface area (Å²) in [6.45, 7) is 1.11.